The Morgan fingerprint density at radius 3 is 1.96 bits per heavy atom. The van der Waals surface area contributed by atoms with Crippen LogP contribution in [0, 0.1) is 5.82 Å². The summed E-state index contributed by atoms with van der Waals surface area (Å²) in [6.45, 7) is 4.00. The summed E-state index contributed by atoms with van der Waals surface area (Å²) in [5.74, 6) is -3.00. The van der Waals surface area contributed by atoms with Crippen molar-refractivity contribution in [1.29, 1.82) is 0 Å². The number of aromatic nitrogens is 1. The predicted molar refractivity (Wildman–Crippen MR) is 182 cm³/mol. The van der Waals surface area contributed by atoms with E-state index in [0.29, 0.717) is 27.9 Å². The number of carbonyl (C=O) groups is 3. The number of halogens is 1. The van der Waals surface area contributed by atoms with Gasteiger partial charge in [-0.05, 0) is 74.1 Å². The minimum atomic E-state index is -1.21. The quantitative estimate of drug-likeness (QED) is 0.126. The van der Waals surface area contributed by atoms with Crippen LogP contribution in [-0.4, -0.2) is 114 Å². The number of nitrogens with zero attached hydrogens (tertiary/aromatic N) is 1. The van der Waals surface area contributed by atoms with Crippen molar-refractivity contribution in [3.63, 3.8) is 0 Å². The summed E-state index contributed by atoms with van der Waals surface area (Å²) in [6.07, 6.45) is -2.39. The average Bonchev–Trinajstić information content (AvgIpc) is 3.35. The van der Waals surface area contributed by atoms with Crippen LogP contribution in [0.4, 0.5) is 4.39 Å². The summed E-state index contributed by atoms with van der Waals surface area (Å²) in [4.78, 5) is 36.4. The number of benzene rings is 3. The van der Waals surface area contributed by atoms with E-state index in [4.69, 9.17) is 5.11 Å². The molecule has 0 aliphatic rings. The Balaban J connectivity index is 0.00000384. The Labute approximate surface area is 317 Å². The molecule has 0 bridgehead atoms. The second-order valence-corrected chi connectivity index (χ2v) is 11.2. The van der Waals surface area contributed by atoms with Gasteiger partial charge in [-0.2, -0.15) is 0 Å². The van der Waals surface area contributed by atoms with Crippen LogP contribution in [0.5, 0.6) is 0 Å². The number of carbonyl (C=O) groups excluding carboxylic acids is 1. The molecule has 0 saturated heterocycles. The number of rotatable bonds is 14. The molecule has 12 heteroatoms. The van der Waals surface area contributed by atoms with Crippen molar-refractivity contribution in [3.05, 3.63) is 107 Å². The van der Waals surface area contributed by atoms with Crippen molar-refractivity contribution in [2.75, 3.05) is 0 Å². The van der Waals surface area contributed by atoms with E-state index in [1.807, 2.05) is 48.7 Å². The molecule has 1 heterocycles. The molecule has 0 saturated carbocycles. The molecule has 0 spiro atoms. The predicted octanol–water partition coefficient (Wildman–Crippen LogP) is 4.39. The van der Waals surface area contributed by atoms with Gasteiger partial charge in [0.25, 0.3) is 5.91 Å². The van der Waals surface area contributed by atoms with Gasteiger partial charge in [0.05, 0.1) is 24.2 Å². The number of nitrogens with one attached hydrogen (secondary N) is 1. The fourth-order valence-corrected chi connectivity index (χ4v) is 5.54. The zero-order valence-electron chi connectivity index (χ0n) is 25.1. The minimum absolute atomic E-state index is 0. The molecule has 2 unspecified atom stereocenters. The molecule has 0 aliphatic carbocycles. The Kier molecular flexibility index (Phi) is 16.0. The van der Waals surface area contributed by atoms with Crippen LogP contribution in [0.3, 0.4) is 0 Å². The van der Waals surface area contributed by atoms with E-state index in [2.05, 4.69) is 5.32 Å². The Hall–Kier alpha value is -2.80. The van der Waals surface area contributed by atoms with E-state index in [9.17, 15) is 34.1 Å². The van der Waals surface area contributed by atoms with Crippen LogP contribution in [-0.2, 0) is 17.8 Å². The van der Waals surface area contributed by atoms with Gasteiger partial charge >= 0.3 is 71.1 Å². The molecular weight excluding hydrogens is 625 g/mol. The van der Waals surface area contributed by atoms with Crippen LogP contribution < -0.4 is 5.32 Å². The molecule has 4 rings (SSSR count). The zero-order chi connectivity index (χ0) is 32.7. The first-order valence-electron chi connectivity index (χ1n) is 14.7. The summed E-state index contributed by atoms with van der Waals surface area (Å²) in [5, 5.41) is 42.0. The number of aliphatic carboxylic acids is 1. The van der Waals surface area contributed by atoms with Crippen molar-refractivity contribution in [2.45, 2.75) is 64.3 Å². The molecule has 3 aromatic carbocycles. The third kappa shape index (κ3) is 10.6. The summed E-state index contributed by atoms with van der Waals surface area (Å²) < 4.78 is 16.0. The van der Waals surface area contributed by atoms with Crippen molar-refractivity contribution in [3.8, 4) is 22.3 Å². The van der Waals surface area contributed by atoms with Gasteiger partial charge in [-0.25, -0.2) is 9.18 Å². The molecule has 47 heavy (non-hydrogen) atoms. The van der Waals surface area contributed by atoms with Crippen molar-refractivity contribution >= 4 is 77.0 Å². The Morgan fingerprint density at radius 1 is 0.809 bits per heavy atom. The number of hydrogen-bond donors (Lipinski definition) is 5. The van der Waals surface area contributed by atoms with Crippen LogP contribution in [0.2, 0.25) is 0 Å². The molecule has 1 amide bonds. The monoisotopic (exact) mass is 664 g/mol. The van der Waals surface area contributed by atoms with E-state index in [1.54, 1.807) is 24.3 Å². The molecule has 4 aromatic rings. The van der Waals surface area contributed by atoms with E-state index in [0.717, 1.165) is 11.3 Å². The first-order valence-corrected chi connectivity index (χ1v) is 14.7. The summed E-state index contributed by atoms with van der Waals surface area (Å²) >= 11 is 0. The molecule has 1 aromatic heterocycles. The van der Waals surface area contributed by atoms with E-state index in [-0.39, 0.29) is 102 Å². The first-order chi connectivity index (χ1) is 21.5. The molecule has 2 atom stereocenters. The van der Waals surface area contributed by atoms with Crippen molar-refractivity contribution in [1.82, 2.24) is 9.88 Å². The number of hydrogen-bond acceptors (Lipinski definition) is 5. The van der Waals surface area contributed by atoms with Gasteiger partial charge in [0.2, 0.25) is 0 Å². The first kappa shape index (κ1) is 40.4. The van der Waals surface area contributed by atoms with Crippen LogP contribution in [0.15, 0.2) is 78.9 Å². The molecule has 0 aliphatic heterocycles. The second kappa shape index (κ2) is 18.7. The summed E-state index contributed by atoms with van der Waals surface area (Å²) in [6, 6.07) is 21.3. The summed E-state index contributed by atoms with van der Waals surface area (Å²) in [7, 11) is 0. The maximum atomic E-state index is 14.1. The van der Waals surface area contributed by atoms with Gasteiger partial charge < -0.3 is 30.3 Å². The fraction of sp³-hybridized carbons (Fsp3) is 0.286. The van der Waals surface area contributed by atoms with E-state index < -0.39 is 36.4 Å². The number of carboxylic acid groups (broad SMARTS) is 2. The van der Waals surface area contributed by atoms with Crippen LogP contribution >= 0.6 is 0 Å². The molecular formula is C35H39FN2Na2O7. The topological polar surface area (TPSA) is 149 Å². The Bertz CT molecular complexity index is 1640. The zero-order valence-corrected chi connectivity index (χ0v) is 25.1. The number of amides is 1. The number of aliphatic hydroxyl groups is 2. The van der Waals surface area contributed by atoms with Crippen molar-refractivity contribution < 1.29 is 39.2 Å². The van der Waals surface area contributed by atoms with Gasteiger partial charge in [0.15, 0.2) is 0 Å². The van der Waals surface area contributed by atoms with Gasteiger partial charge in [0, 0.05) is 29.4 Å². The second-order valence-electron chi connectivity index (χ2n) is 11.2. The molecule has 0 fully saturated rings. The van der Waals surface area contributed by atoms with E-state index in [1.165, 1.54) is 24.3 Å². The standard InChI is InChI=1S/C35H37FN2O7.2Na.2H/c1-21(2)38-29(17-16-27(39)18-28(40)19-30(41)42)31(24-12-14-26(36)15-13-24)32(23-6-4-3-5-7-23)33(38)34(43)37-20-22-8-10-25(11-9-22)35(44)45;;;;/h3-15,21,27-28,39-40H,16-20H2,1-2H3,(H,37,43)(H,41,42)(H,44,45);;;;. The number of aliphatic hydroxyl groups excluding tert-OH is 2. The SMILES string of the molecule is CC(C)n1c(CCC(O)CC(O)CC(=O)O)c(-c2ccc(F)cc2)c(-c2ccccc2)c1C(=O)NCc1ccc(C(=O)O)cc1.[NaH].[NaH]. The van der Waals surface area contributed by atoms with Crippen molar-refractivity contribution in [2.24, 2.45) is 0 Å². The van der Waals surface area contributed by atoms with Crippen LogP contribution in [0.1, 0.15) is 71.3 Å². The number of carboxylic acids is 2. The van der Waals surface area contributed by atoms with Crippen LogP contribution in [0.25, 0.3) is 22.3 Å². The van der Waals surface area contributed by atoms with E-state index >= 15 is 0 Å². The van der Waals surface area contributed by atoms with Gasteiger partial charge in [0.1, 0.15) is 11.5 Å². The van der Waals surface area contributed by atoms with Gasteiger partial charge in [-0.3, -0.25) is 9.59 Å². The molecule has 0 radical (unpaired) electrons. The third-order valence-corrected chi connectivity index (χ3v) is 7.56. The molecule has 240 valence electrons. The molecule has 9 nitrogen and oxygen atoms in total. The maximum absolute atomic E-state index is 14.1. The normalized spacial score (nSPS) is 12.0. The Morgan fingerprint density at radius 2 is 1.40 bits per heavy atom. The van der Waals surface area contributed by atoms with Gasteiger partial charge in [-0.15, -0.1) is 0 Å². The average molecular weight is 665 g/mol. The fourth-order valence-electron chi connectivity index (χ4n) is 5.54. The number of aromatic carboxylic acids is 1. The third-order valence-electron chi connectivity index (χ3n) is 7.56. The summed E-state index contributed by atoms with van der Waals surface area (Å²) in [5.41, 5.74) is 4.69. The molecule has 5 N–H and O–H groups in total. The van der Waals surface area contributed by atoms with Gasteiger partial charge in [-0.1, -0.05) is 54.6 Å².